The number of methoxy groups -OCH3 is 1. The van der Waals surface area contributed by atoms with Crippen LogP contribution in [0, 0.1) is 0 Å². The summed E-state index contributed by atoms with van der Waals surface area (Å²) in [7, 11) is -2.73. The van der Waals surface area contributed by atoms with E-state index in [0.717, 1.165) is 6.07 Å². The van der Waals surface area contributed by atoms with Gasteiger partial charge in [-0.1, -0.05) is 0 Å². The maximum atomic E-state index is 12.7. The van der Waals surface area contributed by atoms with E-state index in [-0.39, 0.29) is 10.6 Å². The number of hydrogen-bond donors (Lipinski definition) is 2. The highest BCUT2D eigenvalue weighted by atomic mass is 32.2. The van der Waals surface area contributed by atoms with Gasteiger partial charge in [0.1, 0.15) is 5.75 Å². The number of carbonyl (C=O) groups excluding carboxylic acids is 1. The number of nitrogens with two attached hydrogens (primary N) is 1. The third kappa shape index (κ3) is 4.21. The molecule has 0 aromatic heterocycles. The molecule has 0 radical (unpaired) electrons. The molecule has 6 nitrogen and oxygen atoms in total. The van der Waals surface area contributed by atoms with Gasteiger partial charge in [0, 0.05) is 0 Å². The summed E-state index contributed by atoms with van der Waals surface area (Å²) in [6.07, 6.45) is -4.70. The van der Waals surface area contributed by atoms with Crippen LogP contribution >= 0.6 is 0 Å². The molecular formula is C15H13F3N2O4S. The lowest BCUT2D eigenvalue weighted by atomic mass is 10.1. The molecule has 2 rings (SSSR count). The zero-order chi connectivity index (χ0) is 18.8. The van der Waals surface area contributed by atoms with Gasteiger partial charge in [-0.25, -0.2) is 8.42 Å². The van der Waals surface area contributed by atoms with Gasteiger partial charge in [0.05, 0.1) is 28.8 Å². The fourth-order valence-electron chi connectivity index (χ4n) is 1.97. The number of anilines is 1. The Labute approximate surface area is 141 Å². The minimum Gasteiger partial charge on any atom is -0.497 e. The first-order valence-corrected chi connectivity index (χ1v) is 8.21. The maximum Gasteiger partial charge on any atom is 0.416 e. The summed E-state index contributed by atoms with van der Waals surface area (Å²) < 4.78 is 69.8. The molecule has 0 unspecified atom stereocenters. The SMILES string of the molecule is COc1ccc(S(=O)(=O)Nc2ccc(C(F)(F)F)cc2C(N)=O)cc1. The van der Waals surface area contributed by atoms with Gasteiger partial charge in [-0.2, -0.15) is 13.2 Å². The number of halogens is 3. The molecule has 25 heavy (non-hydrogen) atoms. The summed E-state index contributed by atoms with van der Waals surface area (Å²) in [5.41, 5.74) is 3.01. The summed E-state index contributed by atoms with van der Waals surface area (Å²) in [4.78, 5) is 11.2. The van der Waals surface area contributed by atoms with E-state index >= 15 is 0 Å². The Kier molecular flexibility index (Phi) is 4.93. The average molecular weight is 374 g/mol. The third-order valence-corrected chi connectivity index (χ3v) is 4.61. The van der Waals surface area contributed by atoms with Crippen LogP contribution in [-0.4, -0.2) is 21.4 Å². The second-order valence-corrected chi connectivity index (χ2v) is 6.59. The zero-order valence-corrected chi connectivity index (χ0v) is 13.6. The number of hydrogen-bond acceptors (Lipinski definition) is 4. The van der Waals surface area contributed by atoms with Crippen LogP contribution in [0.15, 0.2) is 47.4 Å². The molecular weight excluding hydrogens is 361 g/mol. The van der Waals surface area contributed by atoms with Crippen LogP contribution < -0.4 is 15.2 Å². The van der Waals surface area contributed by atoms with Gasteiger partial charge in [0.2, 0.25) is 0 Å². The zero-order valence-electron chi connectivity index (χ0n) is 12.8. The Morgan fingerprint density at radius 2 is 1.72 bits per heavy atom. The standard InChI is InChI=1S/C15H13F3N2O4S/c1-24-10-3-5-11(6-4-10)25(22,23)20-13-7-2-9(15(16,17)18)8-12(13)14(19)21/h2-8,20H,1H3,(H2,19,21). The van der Waals surface area contributed by atoms with Crippen LogP contribution in [0.3, 0.4) is 0 Å². The van der Waals surface area contributed by atoms with Gasteiger partial charge < -0.3 is 10.5 Å². The van der Waals surface area contributed by atoms with Crippen molar-refractivity contribution in [3.05, 3.63) is 53.6 Å². The molecule has 0 saturated heterocycles. The smallest absolute Gasteiger partial charge is 0.416 e. The Morgan fingerprint density at radius 3 is 2.20 bits per heavy atom. The van der Waals surface area contributed by atoms with Crippen LogP contribution in [0.2, 0.25) is 0 Å². The number of primary amides is 1. The van der Waals surface area contributed by atoms with Gasteiger partial charge in [0.15, 0.2) is 0 Å². The van der Waals surface area contributed by atoms with E-state index in [9.17, 15) is 26.4 Å². The van der Waals surface area contributed by atoms with Crippen molar-refractivity contribution in [3.63, 3.8) is 0 Å². The second-order valence-electron chi connectivity index (χ2n) is 4.90. The molecule has 0 heterocycles. The number of amides is 1. The fourth-order valence-corrected chi connectivity index (χ4v) is 3.05. The molecule has 10 heteroatoms. The van der Waals surface area contributed by atoms with E-state index in [2.05, 4.69) is 4.72 Å². The van der Waals surface area contributed by atoms with Gasteiger partial charge >= 0.3 is 6.18 Å². The highest BCUT2D eigenvalue weighted by molar-refractivity contribution is 7.92. The Hall–Kier alpha value is -2.75. The average Bonchev–Trinajstić information content (AvgIpc) is 2.53. The Bertz CT molecular complexity index is 894. The number of ether oxygens (including phenoxy) is 1. The molecule has 3 N–H and O–H groups in total. The highest BCUT2D eigenvalue weighted by Crippen LogP contribution is 2.32. The first kappa shape index (κ1) is 18.6. The molecule has 1 amide bonds. The van der Waals surface area contributed by atoms with Crippen molar-refractivity contribution in [3.8, 4) is 5.75 Å². The first-order chi connectivity index (χ1) is 11.5. The molecule has 0 saturated carbocycles. The number of alkyl halides is 3. The largest absolute Gasteiger partial charge is 0.497 e. The van der Waals surface area contributed by atoms with Crippen molar-refractivity contribution in [2.45, 2.75) is 11.1 Å². The molecule has 134 valence electrons. The number of sulfonamides is 1. The van der Waals surface area contributed by atoms with E-state index in [1.165, 1.54) is 31.4 Å². The monoisotopic (exact) mass is 374 g/mol. The lowest BCUT2D eigenvalue weighted by molar-refractivity contribution is -0.137. The minimum absolute atomic E-state index is 0.163. The van der Waals surface area contributed by atoms with Gasteiger partial charge in [-0.3, -0.25) is 9.52 Å². The molecule has 0 atom stereocenters. The van der Waals surface area contributed by atoms with Crippen molar-refractivity contribution in [2.24, 2.45) is 5.73 Å². The summed E-state index contributed by atoms with van der Waals surface area (Å²) >= 11 is 0. The topological polar surface area (TPSA) is 98.5 Å². The highest BCUT2D eigenvalue weighted by Gasteiger charge is 2.32. The predicted molar refractivity (Wildman–Crippen MR) is 83.8 cm³/mol. The summed E-state index contributed by atoms with van der Waals surface area (Å²) in [6, 6.07) is 7.27. The van der Waals surface area contributed by atoms with Crippen LogP contribution in [0.1, 0.15) is 15.9 Å². The van der Waals surface area contributed by atoms with Crippen LogP contribution in [-0.2, 0) is 16.2 Å². The number of carbonyl (C=O) groups is 1. The summed E-state index contributed by atoms with van der Waals surface area (Å²) in [5.74, 6) is -0.773. The Morgan fingerprint density at radius 1 is 1.12 bits per heavy atom. The van der Waals surface area contributed by atoms with E-state index < -0.39 is 33.2 Å². The molecule has 2 aromatic rings. The summed E-state index contributed by atoms with van der Waals surface area (Å²) in [6.45, 7) is 0. The quantitative estimate of drug-likeness (QED) is 0.840. The molecule has 0 aliphatic carbocycles. The molecule has 2 aromatic carbocycles. The van der Waals surface area contributed by atoms with Crippen molar-refractivity contribution < 1.29 is 31.1 Å². The molecule has 0 aliphatic heterocycles. The third-order valence-electron chi connectivity index (χ3n) is 3.23. The molecule has 0 aliphatic rings. The first-order valence-electron chi connectivity index (χ1n) is 6.72. The number of rotatable bonds is 5. The van der Waals surface area contributed by atoms with Crippen molar-refractivity contribution in [1.82, 2.24) is 0 Å². The maximum absolute atomic E-state index is 12.7. The fraction of sp³-hybridized carbons (Fsp3) is 0.133. The predicted octanol–water partition coefficient (Wildman–Crippen LogP) is 2.61. The lowest BCUT2D eigenvalue weighted by Gasteiger charge is -2.14. The molecule has 0 bridgehead atoms. The van der Waals surface area contributed by atoms with E-state index in [1.807, 2.05) is 0 Å². The lowest BCUT2D eigenvalue weighted by Crippen LogP contribution is -2.20. The number of nitrogens with one attached hydrogen (secondary N) is 1. The van der Waals surface area contributed by atoms with Crippen molar-refractivity contribution in [2.75, 3.05) is 11.8 Å². The van der Waals surface area contributed by atoms with Gasteiger partial charge in [0.25, 0.3) is 15.9 Å². The summed E-state index contributed by atoms with van der Waals surface area (Å²) in [5, 5.41) is 0. The van der Waals surface area contributed by atoms with E-state index in [0.29, 0.717) is 17.9 Å². The van der Waals surface area contributed by atoms with E-state index in [1.54, 1.807) is 0 Å². The normalized spacial score (nSPS) is 11.8. The van der Waals surface area contributed by atoms with Crippen LogP contribution in [0.25, 0.3) is 0 Å². The second kappa shape index (κ2) is 6.63. The number of benzene rings is 2. The van der Waals surface area contributed by atoms with Crippen molar-refractivity contribution in [1.29, 1.82) is 0 Å². The Balaban J connectivity index is 2.42. The molecule has 0 spiro atoms. The van der Waals surface area contributed by atoms with Crippen molar-refractivity contribution >= 4 is 21.6 Å². The van der Waals surface area contributed by atoms with Gasteiger partial charge in [-0.05, 0) is 42.5 Å². The molecule has 0 fully saturated rings. The minimum atomic E-state index is -4.70. The van der Waals surface area contributed by atoms with E-state index in [4.69, 9.17) is 10.5 Å². The van der Waals surface area contributed by atoms with Crippen LogP contribution in [0.5, 0.6) is 5.75 Å². The van der Waals surface area contributed by atoms with Crippen LogP contribution in [0.4, 0.5) is 18.9 Å². The van der Waals surface area contributed by atoms with Gasteiger partial charge in [-0.15, -0.1) is 0 Å².